The number of benzene rings is 3. The van der Waals surface area contributed by atoms with Crippen molar-refractivity contribution in [2.45, 2.75) is 13.0 Å². The summed E-state index contributed by atoms with van der Waals surface area (Å²) in [6.45, 7) is 1.91. The Morgan fingerprint density at radius 3 is 2.40 bits per heavy atom. The highest BCUT2D eigenvalue weighted by Gasteiger charge is 2.28. The van der Waals surface area contributed by atoms with Gasteiger partial charge in [-0.15, -0.1) is 0 Å². The summed E-state index contributed by atoms with van der Waals surface area (Å²) in [5.41, 5.74) is 0.217. The maximum absolute atomic E-state index is 13.2. The number of rotatable bonds is 8. The van der Waals surface area contributed by atoms with E-state index in [4.69, 9.17) is 4.74 Å². The number of nitrogens with zero attached hydrogens (tertiary/aromatic N) is 1. The molecule has 0 fully saturated rings. The van der Waals surface area contributed by atoms with Crippen molar-refractivity contribution in [3.63, 3.8) is 0 Å². The second-order valence-corrected chi connectivity index (χ2v) is 8.72. The van der Waals surface area contributed by atoms with Crippen LogP contribution in [0.1, 0.15) is 6.92 Å². The van der Waals surface area contributed by atoms with Gasteiger partial charge in [-0.1, -0.05) is 30.3 Å². The number of amides is 1. The summed E-state index contributed by atoms with van der Waals surface area (Å²) < 4.78 is 44.2. The number of carbonyl (C=O) groups excluding carboxylic acids is 1. The Hall–Kier alpha value is -3.13. The number of ether oxygens (including phenoxy) is 1. The molecule has 0 aliphatic heterocycles. The number of hydrogen-bond donors (Lipinski definition) is 1. The van der Waals surface area contributed by atoms with Crippen molar-refractivity contribution in [1.29, 1.82) is 0 Å². The maximum atomic E-state index is 13.2. The molecule has 8 heteroatoms. The molecule has 1 atom stereocenters. The van der Waals surface area contributed by atoms with Gasteiger partial charge in [-0.25, -0.2) is 12.8 Å². The van der Waals surface area contributed by atoms with Gasteiger partial charge in [0.1, 0.15) is 24.2 Å². The van der Waals surface area contributed by atoms with Crippen LogP contribution < -0.4 is 14.4 Å². The Morgan fingerprint density at radius 2 is 1.73 bits per heavy atom. The second-order valence-electron chi connectivity index (χ2n) is 6.86. The van der Waals surface area contributed by atoms with Crippen LogP contribution in [0.3, 0.4) is 0 Å². The van der Waals surface area contributed by atoms with Crippen LogP contribution in [0.2, 0.25) is 0 Å². The molecule has 0 spiro atoms. The van der Waals surface area contributed by atoms with Crippen LogP contribution in [0.4, 0.5) is 10.1 Å². The molecule has 6 nitrogen and oxygen atoms in total. The minimum absolute atomic E-state index is 0.205. The van der Waals surface area contributed by atoms with Crippen molar-refractivity contribution in [1.82, 2.24) is 5.32 Å². The summed E-state index contributed by atoms with van der Waals surface area (Å²) in [4.78, 5) is 12.5. The number of carbonyl (C=O) groups is 1. The Bertz CT molecular complexity index is 1130. The third-order valence-corrected chi connectivity index (χ3v) is 5.80. The van der Waals surface area contributed by atoms with Gasteiger partial charge in [-0.2, -0.15) is 0 Å². The van der Waals surface area contributed by atoms with Crippen LogP contribution in [0.15, 0.2) is 66.7 Å². The summed E-state index contributed by atoms with van der Waals surface area (Å²) in [6, 6.07) is 17.6. The van der Waals surface area contributed by atoms with Crippen molar-refractivity contribution in [3.8, 4) is 5.75 Å². The quantitative estimate of drug-likeness (QED) is 0.556. The van der Waals surface area contributed by atoms with E-state index in [1.165, 1.54) is 19.1 Å². The van der Waals surface area contributed by atoms with Crippen LogP contribution in [-0.2, 0) is 14.8 Å². The SMILES string of the molecule is C[C@@H](C(=O)NCCOc1ccc2ccccc2c1)N(c1ccc(F)cc1)S(C)(=O)=O. The number of nitrogens with one attached hydrogen (secondary N) is 1. The fourth-order valence-corrected chi connectivity index (χ4v) is 4.32. The largest absolute Gasteiger partial charge is 0.492 e. The first-order chi connectivity index (χ1) is 14.3. The number of fused-ring (bicyclic) bond motifs is 1. The predicted octanol–water partition coefficient (Wildman–Crippen LogP) is 3.33. The van der Waals surface area contributed by atoms with Crippen LogP contribution >= 0.6 is 0 Å². The number of hydrogen-bond acceptors (Lipinski definition) is 4. The molecule has 0 saturated carbocycles. The third kappa shape index (κ3) is 5.27. The molecule has 1 N–H and O–H groups in total. The Balaban J connectivity index is 1.58. The van der Waals surface area contributed by atoms with E-state index < -0.39 is 27.8 Å². The predicted molar refractivity (Wildman–Crippen MR) is 116 cm³/mol. The van der Waals surface area contributed by atoms with E-state index in [0.717, 1.165) is 33.5 Å². The van der Waals surface area contributed by atoms with E-state index in [1.54, 1.807) is 0 Å². The van der Waals surface area contributed by atoms with Crippen LogP contribution in [0, 0.1) is 5.82 Å². The summed E-state index contributed by atoms with van der Waals surface area (Å²) in [7, 11) is -3.75. The topological polar surface area (TPSA) is 75.7 Å². The van der Waals surface area contributed by atoms with E-state index in [2.05, 4.69) is 5.32 Å². The molecule has 0 radical (unpaired) electrons. The monoisotopic (exact) mass is 430 g/mol. The lowest BCUT2D eigenvalue weighted by atomic mass is 10.1. The Labute approximate surface area is 175 Å². The van der Waals surface area contributed by atoms with Gasteiger partial charge in [0.05, 0.1) is 18.5 Å². The average Bonchev–Trinajstić information content (AvgIpc) is 2.71. The van der Waals surface area contributed by atoms with Gasteiger partial charge in [-0.3, -0.25) is 9.10 Å². The normalized spacial score (nSPS) is 12.4. The zero-order valence-corrected chi connectivity index (χ0v) is 17.5. The van der Waals surface area contributed by atoms with Crippen LogP contribution in [-0.4, -0.2) is 39.8 Å². The summed E-state index contributed by atoms with van der Waals surface area (Å²) in [5.74, 6) is -0.290. The Kier molecular flexibility index (Phi) is 6.56. The molecule has 0 heterocycles. The van der Waals surface area contributed by atoms with Gasteiger partial charge in [0, 0.05) is 0 Å². The minimum Gasteiger partial charge on any atom is -0.492 e. The highest BCUT2D eigenvalue weighted by molar-refractivity contribution is 7.92. The lowest BCUT2D eigenvalue weighted by Crippen LogP contribution is -2.48. The first kappa shape index (κ1) is 21.6. The standard InChI is InChI=1S/C22H23FN2O4S/c1-16(25(30(2,27)28)20-10-8-19(23)9-11-20)22(26)24-13-14-29-21-12-7-17-5-3-4-6-18(17)15-21/h3-12,15-16H,13-14H2,1-2H3,(H,24,26)/t16-/m0/s1. The van der Waals surface area contributed by atoms with Gasteiger partial charge in [0.2, 0.25) is 15.9 Å². The smallest absolute Gasteiger partial charge is 0.243 e. The summed E-state index contributed by atoms with van der Waals surface area (Å²) in [6.07, 6.45) is 1.00. The summed E-state index contributed by atoms with van der Waals surface area (Å²) >= 11 is 0. The van der Waals surface area contributed by atoms with Crippen LogP contribution in [0.25, 0.3) is 10.8 Å². The Morgan fingerprint density at radius 1 is 1.07 bits per heavy atom. The van der Waals surface area contributed by atoms with E-state index in [1.807, 2.05) is 42.5 Å². The van der Waals surface area contributed by atoms with E-state index in [0.29, 0.717) is 5.75 Å². The first-order valence-corrected chi connectivity index (χ1v) is 11.2. The minimum atomic E-state index is -3.75. The number of sulfonamides is 1. The van der Waals surface area contributed by atoms with Gasteiger partial charge in [-0.05, 0) is 54.1 Å². The zero-order chi connectivity index (χ0) is 21.7. The molecule has 3 aromatic carbocycles. The molecular formula is C22H23FN2O4S. The molecule has 1 amide bonds. The van der Waals surface area contributed by atoms with Crippen molar-refractivity contribution in [2.75, 3.05) is 23.7 Å². The highest BCUT2D eigenvalue weighted by atomic mass is 32.2. The molecule has 0 aromatic heterocycles. The lowest BCUT2D eigenvalue weighted by molar-refractivity contribution is -0.121. The maximum Gasteiger partial charge on any atom is 0.243 e. The fraction of sp³-hybridized carbons (Fsp3) is 0.227. The van der Waals surface area contributed by atoms with Crippen molar-refractivity contribution in [2.24, 2.45) is 0 Å². The molecular weight excluding hydrogens is 407 g/mol. The molecule has 0 unspecified atom stereocenters. The molecule has 3 aromatic rings. The molecule has 158 valence electrons. The average molecular weight is 431 g/mol. The first-order valence-electron chi connectivity index (χ1n) is 9.40. The van der Waals surface area contributed by atoms with Crippen molar-refractivity contribution in [3.05, 3.63) is 72.5 Å². The summed E-state index contributed by atoms with van der Waals surface area (Å²) in [5, 5.41) is 4.84. The van der Waals surface area contributed by atoms with Gasteiger partial charge < -0.3 is 10.1 Å². The third-order valence-electron chi connectivity index (χ3n) is 4.56. The molecule has 0 saturated heterocycles. The lowest BCUT2D eigenvalue weighted by Gasteiger charge is -2.28. The molecule has 0 aliphatic carbocycles. The number of anilines is 1. The van der Waals surface area contributed by atoms with Crippen molar-refractivity contribution >= 4 is 32.4 Å². The van der Waals surface area contributed by atoms with Crippen molar-refractivity contribution < 1.29 is 22.3 Å². The number of halogens is 1. The van der Waals surface area contributed by atoms with Gasteiger partial charge in [0.25, 0.3) is 0 Å². The van der Waals surface area contributed by atoms with Gasteiger partial charge in [0.15, 0.2) is 0 Å². The van der Waals surface area contributed by atoms with Crippen LogP contribution in [0.5, 0.6) is 5.75 Å². The van der Waals surface area contributed by atoms with E-state index >= 15 is 0 Å². The molecule has 3 rings (SSSR count). The second kappa shape index (κ2) is 9.13. The van der Waals surface area contributed by atoms with E-state index in [9.17, 15) is 17.6 Å². The molecule has 0 bridgehead atoms. The van der Waals surface area contributed by atoms with E-state index in [-0.39, 0.29) is 18.8 Å². The fourth-order valence-electron chi connectivity index (χ4n) is 3.14. The van der Waals surface area contributed by atoms with Gasteiger partial charge >= 0.3 is 0 Å². The zero-order valence-electron chi connectivity index (χ0n) is 16.7. The molecule has 30 heavy (non-hydrogen) atoms. The molecule has 0 aliphatic rings. The highest BCUT2D eigenvalue weighted by Crippen LogP contribution is 2.22.